The lowest BCUT2D eigenvalue weighted by Crippen LogP contribution is -2.39. The Hall–Kier alpha value is -0.860. The molecule has 0 saturated carbocycles. The first-order valence-corrected chi connectivity index (χ1v) is 5.28. The monoisotopic (exact) mass is 191 g/mol. The molecule has 0 spiro atoms. The van der Waals surface area contributed by atoms with Gasteiger partial charge in [-0.3, -0.25) is 4.90 Å². The van der Waals surface area contributed by atoms with Crippen LogP contribution in [0.5, 0.6) is 0 Å². The van der Waals surface area contributed by atoms with E-state index in [4.69, 9.17) is 4.74 Å². The molecule has 1 atom stereocenters. The molecule has 0 N–H and O–H groups in total. The zero-order valence-corrected chi connectivity index (χ0v) is 8.65. The van der Waals surface area contributed by atoms with Gasteiger partial charge in [0.2, 0.25) is 0 Å². The Bertz CT molecular complexity index is 273. The summed E-state index contributed by atoms with van der Waals surface area (Å²) in [4.78, 5) is 2.47. The fourth-order valence-corrected chi connectivity index (χ4v) is 2.00. The van der Waals surface area contributed by atoms with Crippen LogP contribution in [0.4, 0.5) is 0 Å². The molecule has 1 saturated heterocycles. The van der Waals surface area contributed by atoms with Crippen molar-refractivity contribution in [3.63, 3.8) is 0 Å². The highest BCUT2D eigenvalue weighted by atomic mass is 16.5. The maximum absolute atomic E-state index is 5.53. The molecule has 2 rings (SSSR count). The van der Waals surface area contributed by atoms with Gasteiger partial charge < -0.3 is 4.74 Å². The summed E-state index contributed by atoms with van der Waals surface area (Å²) in [5.74, 6) is 0. The smallest absolute Gasteiger partial charge is 0.0664 e. The number of hydrogen-bond donors (Lipinski definition) is 0. The van der Waals surface area contributed by atoms with E-state index in [9.17, 15) is 0 Å². The molecule has 1 fully saturated rings. The van der Waals surface area contributed by atoms with Crippen molar-refractivity contribution in [1.82, 2.24) is 4.90 Å². The predicted molar refractivity (Wildman–Crippen MR) is 57.2 cm³/mol. The van der Waals surface area contributed by atoms with Crippen LogP contribution in [0.15, 0.2) is 30.3 Å². The van der Waals surface area contributed by atoms with Gasteiger partial charge in [0.05, 0.1) is 19.3 Å². The Kier molecular flexibility index (Phi) is 3.17. The third-order valence-corrected chi connectivity index (χ3v) is 2.83. The summed E-state index contributed by atoms with van der Waals surface area (Å²) in [5, 5.41) is 0. The first-order valence-electron chi connectivity index (χ1n) is 5.28. The number of benzene rings is 1. The van der Waals surface area contributed by atoms with Gasteiger partial charge in [-0.1, -0.05) is 37.3 Å². The molecular weight excluding hydrogens is 174 g/mol. The average Bonchev–Trinajstić information content (AvgIpc) is 2.30. The minimum Gasteiger partial charge on any atom is -0.378 e. The van der Waals surface area contributed by atoms with Crippen LogP contribution in [-0.4, -0.2) is 31.2 Å². The molecule has 1 aromatic carbocycles. The van der Waals surface area contributed by atoms with Crippen LogP contribution in [0, 0.1) is 0 Å². The van der Waals surface area contributed by atoms with E-state index in [0.717, 1.165) is 26.3 Å². The second kappa shape index (κ2) is 4.58. The van der Waals surface area contributed by atoms with Gasteiger partial charge in [0.15, 0.2) is 0 Å². The van der Waals surface area contributed by atoms with Crippen LogP contribution in [-0.2, 0) is 4.74 Å². The van der Waals surface area contributed by atoms with E-state index in [1.807, 2.05) is 0 Å². The van der Waals surface area contributed by atoms with Crippen LogP contribution in [0.2, 0.25) is 0 Å². The molecule has 0 amide bonds. The first kappa shape index (κ1) is 9.69. The highest BCUT2D eigenvalue weighted by Gasteiger charge is 2.22. The molecule has 2 nitrogen and oxygen atoms in total. The minimum atomic E-state index is 0.454. The lowest BCUT2D eigenvalue weighted by Gasteiger charge is -2.34. The molecular formula is C12H17NO. The molecule has 14 heavy (non-hydrogen) atoms. The van der Waals surface area contributed by atoms with Crippen molar-refractivity contribution >= 4 is 0 Å². The van der Waals surface area contributed by atoms with E-state index in [-0.39, 0.29) is 0 Å². The standard InChI is InChI=1S/C12H17NO/c1-2-13-8-9-14-10-12(13)11-6-4-3-5-7-11/h3-7,12H,2,8-10H2,1H3. The topological polar surface area (TPSA) is 12.5 Å². The third kappa shape index (κ3) is 1.97. The summed E-state index contributed by atoms with van der Waals surface area (Å²) >= 11 is 0. The Morgan fingerprint density at radius 3 is 2.86 bits per heavy atom. The van der Waals surface area contributed by atoms with Gasteiger partial charge in [-0.25, -0.2) is 0 Å². The minimum absolute atomic E-state index is 0.454. The molecule has 1 aromatic rings. The summed E-state index contributed by atoms with van der Waals surface area (Å²) in [5.41, 5.74) is 1.37. The number of likely N-dealkylation sites (N-methyl/N-ethyl adjacent to an activating group) is 1. The maximum atomic E-state index is 5.53. The molecule has 0 aliphatic carbocycles. The van der Waals surface area contributed by atoms with Crippen molar-refractivity contribution in [2.45, 2.75) is 13.0 Å². The summed E-state index contributed by atoms with van der Waals surface area (Å²) in [6, 6.07) is 11.1. The number of nitrogens with zero attached hydrogens (tertiary/aromatic N) is 1. The van der Waals surface area contributed by atoms with Crippen molar-refractivity contribution in [2.24, 2.45) is 0 Å². The van der Waals surface area contributed by atoms with Gasteiger partial charge in [-0.15, -0.1) is 0 Å². The molecule has 1 unspecified atom stereocenters. The fraction of sp³-hybridized carbons (Fsp3) is 0.500. The summed E-state index contributed by atoms with van der Waals surface area (Å²) in [6.45, 7) is 6.06. The Balaban J connectivity index is 2.15. The van der Waals surface area contributed by atoms with E-state index < -0.39 is 0 Å². The molecule has 0 radical (unpaired) electrons. The normalized spacial score (nSPS) is 23.6. The Labute approximate surface area is 85.5 Å². The number of hydrogen-bond acceptors (Lipinski definition) is 2. The number of morpholine rings is 1. The Morgan fingerprint density at radius 2 is 2.14 bits per heavy atom. The quantitative estimate of drug-likeness (QED) is 0.709. The second-order valence-electron chi connectivity index (χ2n) is 3.63. The zero-order chi connectivity index (χ0) is 9.80. The predicted octanol–water partition coefficient (Wildman–Crippen LogP) is 2.08. The molecule has 2 heteroatoms. The van der Waals surface area contributed by atoms with Crippen LogP contribution in [0.3, 0.4) is 0 Å². The van der Waals surface area contributed by atoms with Crippen molar-refractivity contribution in [2.75, 3.05) is 26.3 Å². The molecule has 76 valence electrons. The van der Waals surface area contributed by atoms with Crippen LogP contribution in [0.25, 0.3) is 0 Å². The van der Waals surface area contributed by atoms with E-state index in [0.29, 0.717) is 6.04 Å². The lowest BCUT2D eigenvalue weighted by atomic mass is 10.1. The summed E-state index contributed by atoms with van der Waals surface area (Å²) in [7, 11) is 0. The molecule has 0 aromatic heterocycles. The van der Waals surface area contributed by atoms with E-state index in [1.165, 1.54) is 5.56 Å². The number of ether oxygens (including phenoxy) is 1. The van der Waals surface area contributed by atoms with Crippen molar-refractivity contribution in [1.29, 1.82) is 0 Å². The van der Waals surface area contributed by atoms with Gasteiger partial charge >= 0.3 is 0 Å². The molecule has 1 heterocycles. The van der Waals surface area contributed by atoms with Crippen molar-refractivity contribution in [3.8, 4) is 0 Å². The third-order valence-electron chi connectivity index (χ3n) is 2.83. The number of rotatable bonds is 2. The van der Waals surface area contributed by atoms with Crippen molar-refractivity contribution < 1.29 is 4.74 Å². The van der Waals surface area contributed by atoms with Gasteiger partial charge in [-0.2, -0.15) is 0 Å². The first-order chi connectivity index (χ1) is 6.92. The van der Waals surface area contributed by atoms with E-state index >= 15 is 0 Å². The second-order valence-corrected chi connectivity index (χ2v) is 3.63. The summed E-state index contributed by atoms with van der Waals surface area (Å²) in [6.07, 6.45) is 0. The lowest BCUT2D eigenvalue weighted by molar-refractivity contribution is -0.00574. The van der Waals surface area contributed by atoms with Crippen LogP contribution in [0.1, 0.15) is 18.5 Å². The summed E-state index contributed by atoms with van der Waals surface area (Å²) < 4.78 is 5.53. The highest BCUT2D eigenvalue weighted by Crippen LogP contribution is 2.23. The largest absolute Gasteiger partial charge is 0.378 e. The van der Waals surface area contributed by atoms with Crippen LogP contribution < -0.4 is 0 Å². The maximum Gasteiger partial charge on any atom is 0.0664 e. The highest BCUT2D eigenvalue weighted by molar-refractivity contribution is 5.19. The molecule has 1 aliphatic rings. The Morgan fingerprint density at radius 1 is 1.36 bits per heavy atom. The van der Waals surface area contributed by atoms with Gasteiger partial charge in [0.25, 0.3) is 0 Å². The van der Waals surface area contributed by atoms with Gasteiger partial charge in [-0.05, 0) is 12.1 Å². The molecule has 1 aliphatic heterocycles. The zero-order valence-electron chi connectivity index (χ0n) is 8.65. The van der Waals surface area contributed by atoms with E-state index in [1.54, 1.807) is 0 Å². The van der Waals surface area contributed by atoms with Crippen LogP contribution >= 0.6 is 0 Å². The fourth-order valence-electron chi connectivity index (χ4n) is 2.00. The molecule has 0 bridgehead atoms. The van der Waals surface area contributed by atoms with E-state index in [2.05, 4.69) is 42.2 Å². The van der Waals surface area contributed by atoms with Gasteiger partial charge in [0, 0.05) is 6.54 Å². The SMILES string of the molecule is CCN1CCOCC1c1ccccc1. The van der Waals surface area contributed by atoms with Gasteiger partial charge in [0.1, 0.15) is 0 Å². The van der Waals surface area contributed by atoms with Crippen molar-refractivity contribution in [3.05, 3.63) is 35.9 Å². The average molecular weight is 191 g/mol.